The van der Waals surface area contributed by atoms with Gasteiger partial charge in [-0.05, 0) is 0 Å². The second-order valence-corrected chi connectivity index (χ2v) is 3.84. The van der Waals surface area contributed by atoms with Crippen LogP contribution in [0.2, 0.25) is 0 Å². The molecule has 6 N–H and O–H groups in total. The van der Waals surface area contributed by atoms with Gasteiger partial charge in [0.05, 0.1) is 11.7 Å². The maximum atomic E-state index is 11.5. The van der Waals surface area contributed by atoms with Crippen LogP contribution >= 0.6 is 0 Å². The fourth-order valence-electron chi connectivity index (χ4n) is 1.83. The van der Waals surface area contributed by atoms with Crippen LogP contribution in [0, 0.1) is 0 Å². The summed E-state index contributed by atoms with van der Waals surface area (Å²) in [6, 6.07) is 0. The lowest BCUT2D eigenvalue weighted by Crippen LogP contribution is -2.35. The monoisotopic (exact) mass is 243 g/mol. The number of ether oxygens (including phenoxy) is 1. The van der Waals surface area contributed by atoms with Crippen LogP contribution in [0.3, 0.4) is 0 Å². The zero-order valence-corrected chi connectivity index (χ0v) is 8.79. The summed E-state index contributed by atoms with van der Waals surface area (Å²) in [7, 11) is 0. The van der Waals surface area contributed by atoms with E-state index in [1.165, 1.54) is 0 Å². The first-order chi connectivity index (χ1) is 8.04. The molecule has 1 saturated heterocycles. The Balaban J connectivity index is 2.35. The highest BCUT2D eigenvalue weighted by molar-refractivity contribution is 5.13. The normalized spacial score (nSPS) is 32.9. The summed E-state index contributed by atoms with van der Waals surface area (Å²) in [5.74, 6) is 0. The molecule has 0 aliphatic carbocycles. The van der Waals surface area contributed by atoms with E-state index in [0.717, 1.165) is 6.20 Å². The van der Waals surface area contributed by atoms with Gasteiger partial charge in [-0.25, -0.2) is 4.79 Å². The van der Waals surface area contributed by atoms with Gasteiger partial charge in [-0.15, -0.1) is 0 Å². The number of aliphatic hydroxyl groups is 2. The summed E-state index contributed by atoms with van der Waals surface area (Å²) < 4.78 is 5.27. The predicted octanol–water partition coefficient (Wildman–Crippen LogP) is -2.82. The fraction of sp³-hybridized carbons (Fsp3) is 0.556. The van der Waals surface area contributed by atoms with E-state index < -0.39 is 35.7 Å². The van der Waals surface area contributed by atoms with Gasteiger partial charge in [-0.1, -0.05) is 0 Å². The van der Waals surface area contributed by atoms with Gasteiger partial charge in [0.1, 0.15) is 18.3 Å². The molecule has 2 rings (SSSR count). The smallest absolute Gasteiger partial charge is 0.325 e. The molecule has 0 bridgehead atoms. The molecule has 0 radical (unpaired) electrons. The first kappa shape index (κ1) is 12.0. The summed E-state index contributed by atoms with van der Waals surface area (Å²) in [6.07, 6.45) is -2.99. The molecule has 0 spiro atoms. The van der Waals surface area contributed by atoms with Crippen LogP contribution in [0.25, 0.3) is 0 Å². The van der Waals surface area contributed by atoms with Crippen molar-refractivity contribution in [2.45, 2.75) is 24.4 Å². The lowest BCUT2D eigenvalue weighted by atomic mass is 10.0. The van der Waals surface area contributed by atoms with Crippen molar-refractivity contribution in [2.75, 3.05) is 6.54 Å². The van der Waals surface area contributed by atoms with Gasteiger partial charge >= 0.3 is 5.69 Å². The van der Waals surface area contributed by atoms with E-state index in [9.17, 15) is 19.8 Å². The SMILES string of the molecule is NC[C@H]1O[C@@H](c2c[nH]c(=O)[nH]c2=O)[C@H](O)[C@@H]1O. The predicted molar refractivity (Wildman–Crippen MR) is 56.4 cm³/mol. The Morgan fingerprint density at radius 3 is 2.59 bits per heavy atom. The number of hydrogen-bond acceptors (Lipinski definition) is 6. The molecule has 4 atom stereocenters. The van der Waals surface area contributed by atoms with Gasteiger partial charge in [-0.2, -0.15) is 0 Å². The lowest BCUT2D eigenvalue weighted by Gasteiger charge is -2.13. The topological polar surface area (TPSA) is 141 Å². The molecule has 1 aliphatic rings. The number of aromatic amines is 2. The Morgan fingerprint density at radius 2 is 2.06 bits per heavy atom. The van der Waals surface area contributed by atoms with E-state index in [0.29, 0.717) is 0 Å². The van der Waals surface area contributed by atoms with E-state index in [4.69, 9.17) is 10.5 Å². The minimum atomic E-state index is -1.25. The molecule has 2 heterocycles. The van der Waals surface area contributed by atoms with E-state index in [1.807, 2.05) is 4.98 Å². The molecule has 8 heteroatoms. The van der Waals surface area contributed by atoms with Crippen molar-refractivity contribution in [1.29, 1.82) is 0 Å². The highest BCUT2D eigenvalue weighted by atomic mass is 16.5. The number of rotatable bonds is 2. The van der Waals surface area contributed by atoms with E-state index in [2.05, 4.69) is 4.98 Å². The highest BCUT2D eigenvalue weighted by Gasteiger charge is 2.43. The standard InChI is InChI=1S/C9H13N3O5/c10-1-4-5(13)6(14)7(17-4)3-2-11-9(16)12-8(3)15/h2,4-7,13-14H,1,10H2,(H2,11,12,15,16)/t4-,5-,6-,7+/m1/s1. The van der Waals surface area contributed by atoms with Crippen LogP contribution in [-0.4, -0.2) is 45.0 Å². The molecule has 1 aromatic heterocycles. The highest BCUT2D eigenvalue weighted by Crippen LogP contribution is 2.30. The van der Waals surface area contributed by atoms with E-state index >= 15 is 0 Å². The molecule has 0 saturated carbocycles. The van der Waals surface area contributed by atoms with Gasteiger partial charge in [0, 0.05) is 12.7 Å². The van der Waals surface area contributed by atoms with Crippen molar-refractivity contribution in [1.82, 2.24) is 9.97 Å². The molecular formula is C9H13N3O5. The van der Waals surface area contributed by atoms with Gasteiger partial charge in [-0.3, -0.25) is 9.78 Å². The fourth-order valence-corrected chi connectivity index (χ4v) is 1.83. The second-order valence-electron chi connectivity index (χ2n) is 3.84. The van der Waals surface area contributed by atoms with Crippen LogP contribution in [-0.2, 0) is 4.74 Å². The van der Waals surface area contributed by atoms with Gasteiger partial charge in [0.2, 0.25) is 0 Å². The second kappa shape index (κ2) is 4.41. The number of hydrogen-bond donors (Lipinski definition) is 5. The van der Waals surface area contributed by atoms with Crippen molar-refractivity contribution >= 4 is 0 Å². The largest absolute Gasteiger partial charge is 0.388 e. The van der Waals surface area contributed by atoms with Gasteiger partial charge < -0.3 is 25.7 Å². The molecule has 0 amide bonds. The maximum absolute atomic E-state index is 11.5. The maximum Gasteiger partial charge on any atom is 0.325 e. The number of nitrogens with two attached hydrogens (primary N) is 1. The Morgan fingerprint density at radius 1 is 1.35 bits per heavy atom. The third-order valence-corrected chi connectivity index (χ3v) is 2.75. The number of H-pyrrole nitrogens is 2. The van der Waals surface area contributed by atoms with Crippen molar-refractivity contribution < 1.29 is 14.9 Å². The zero-order valence-electron chi connectivity index (χ0n) is 8.79. The van der Waals surface area contributed by atoms with Crippen LogP contribution in [0.4, 0.5) is 0 Å². The molecule has 0 aromatic carbocycles. The van der Waals surface area contributed by atoms with Crippen LogP contribution in [0.15, 0.2) is 15.8 Å². The van der Waals surface area contributed by atoms with Crippen molar-refractivity contribution in [3.63, 3.8) is 0 Å². The number of aliphatic hydroxyl groups excluding tert-OH is 2. The Bertz CT molecular complexity index is 510. The Labute approximate surface area is 95.1 Å². The van der Waals surface area contributed by atoms with Gasteiger partial charge in [0.15, 0.2) is 0 Å². The van der Waals surface area contributed by atoms with Crippen molar-refractivity contribution in [3.05, 3.63) is 32.6 Å². The molecule has 1 aromatic rings. The summed E-state index contributed by atoms with van der Waals surface area (Å²) >= 11 is 0. The summed E-state index contributed by atoms with van der Waals surface area (Å²) in [5.41, 5.74) is 4.08. The average molecular weight is 243 g/mol. The van der Waals surface area contributed by atoms with Crippen LogP contribution in [0.1, 0.15) is 11.7 Å². The first-order valence-electron chi connectivity index (χ1n) is 5.08. The van der Waals surface area contributed by atoms with Crippen molar-refractivity contribution in [2.24, 2.45) is 5.73 Å². The van der Waals surface area contributed by atoms with E-state index in [1.54, 1.807) is 0 Å². The third kappa shape index (κ3) is 2.03. The van der Waals surface area contributed by atoms with Gasteiger partial charge in [0.25, 0.3) is 5.56 Å². The molecule has 94 valence electrons. The molecule has 0 unspecified atom stereocenters. The summed E-state index contributed by atoms with van der Waals surface area (Å²) in [6.45, 7) is 0.0238. The molecular weight excluding hydrogens is 230 g/mol. The number of aromatic nitrogens is 2. The Hall–Kier alpha value is -1.48. The quantitative estimate of drug-likeness (QED) is 0.379. The van der Waals surface area contributed by atoms with Crippen molar-refractivity contribution in [3.8, 4) is 0 Å². The lowest BCUT2D eigenvalue weighted by molar-refractivity contribution is 0.0105. The zero-order chi connectivity index (χ0) is 12.6. The Kier molecular flexibility index (Phi) is 3.11. The minimum absolute atomic E-state index is 0.0238. The molecule has 1 aliphatic heterocycles. The molecule has 8 nitrogen and oxygen atoms in total. The first-order valence-corrected chi connectivity index (χ1v) is 5.08. The molecule has 17 heavy (non-hydrogen) atoms. The summed E-state index contributed by atoms with van der Waals surface area (Å²) in [4.78, 5) is 26.6. The van der Waals surface area contributed by atoms with E-state index in [-0.39, 0.29) is 12.1 Å². The molecule has 1 fully saturated rings. The van der Waals surface area contributed by atoms with Crippen LogP contribution < -0.4 is 17.0 Å². The average Bonchev–Trinajstić information content (AvgIpc) is 2.57. The summed E-state index contributed by atoms with van der Waals surface area (Å²) in [5, 5.41) is 19.3. The van der Waals surface area contributed by atoms with Crippen LogP contribution in [0.5, 0.6) is 0 Å². The minimum Gasteiger partial charge on any atom is -0.388 e. The number of nitrogens with one attached hydrogen (secondary N) is 2. The third-order valence-electron chi connectivity index (χ3n) is 2.75.